The monoisotopic (exact) mass is 146 g/mol. The smallest absolute Gasteiger partial charge is 0.0934 e. The molecular formula is C3H3BrN2. The Balaban J connectivity index is 2.61. The van der Waals surface area contributed by atoms with Crippen LogP contribution in [0.15, 0.2) is 20.9 Å². The maximum Gasteiger partial charge on any atom is 0.0934 e. The second-order valence-electron chi connectivity index (χ2n) is 0.991. The van der Waals surface area contributed by atoms with Crippen LogP contribution in [0.4, 0.5) is 0 Å². The Morgan fingerprint density at radius 1 is 1.83 bits per heavy atom. The largest absolute Gasteiger partial charge is 0.184 e. The van der Waals surface area contributed by atoms with E-state index in [1.165, 1.54) is 0 Å². The highest BCUT2D eigenvalue weighted by atomic mass is 79.9. The molecule has 0 saturated carbocycles. The Hall–Kier alpha value is -0.180. The molecule has 0 aromatic carbocycles. The van der Waals surface area contributed by atoms with Crippen LogP contribution in [0.2, 0.25) is 0 Å². The molecule has 6 heavy (non-hydrogen) atoms. The Bertz CT molecular complexity index is 105. The molecule has 0 radical (unpaired) electrons. The van der Waals surface area contributed by atoms with Crippen LogP contribution in [0.25, 0.3) is 0 Å². The summed E-state index contributed by atoms with van der Waals surface area (Å²) >= 11 is 3.21. The van der Waals surface area contributed by atoms with Crippen molar-refractivity contribution in [3.05, 3.63) is 10.7 Å². The number of nitrogens with zero attached hydrogens (tertiary/aromatic N) is 2. The van der Waals surface area contributed by atoms with Crippen molar-refractivity contribution in [1.82, 2.24) is 0 Å². The van der Waals surface area contributed by atoms with E-state index in [1.807, 2.05) is 0 Å². The number of azo groups is 1. The highest BCUT2D eigenvalue weighted by Crippen LogP contribution is 2.10. The summed E-state index contributed by atoms with van der Waals surface area (Å²) in [6.07, 6.45) is 1.69. The molecule has 1 aliphatic heterocycles. The van der Waals surface area contributed by atoms with Gasteiger partial charge in [-0.15, -0.1) is 0 Å². The topological polar surface area (TPSA) is 24.7 Å². The third-order valence-electron chi connectivity index (χ3n) is 0.501. The van der Waals surface area contributed by atoms with Crippen molar-refractivity contribution in [2.75, 3.05) is 6.54 Å². The molecule has 0 unspecified atom stereocenters. The highest BCUT2D eigenvalue weighted by Gasteiger charge is 1.91. The number of hydrogen-bond donors (Lipinski definition) is 0. The molecule has 0 aromatic rings. The van der Waals surface area contributed by atoms with E-state index >= 15 is 0 Å². The van der Waals surface area contributed by atoms with Crippen LogP contribution < -0.4 is 0 Å². The average Bonchev–Trinajstić information content (AvgIpc) is 1.86. The van der Waals surface area contributed by atoms with Crippen molar-refractivity contribution in [3.8, 4) is 0 Å². The quantitative estimate of drug-likeness (QED) is 0.498. The number of hydrogen-bond acceptors (Lipinski definition) is 2. The molecule has 0 saturated heterocycles. The second kappa shape index (κ2) is 1.51. The number of halogens is 1. The molecule has 0 atom stereocenters. The minimum atomic E-state index is 0.722. The van der Waals surface area contributed by atoms with Gasteiger partial charge in [0.25, 0.3) is 0 Å². The van der Waals surface area contributed by atoms with Crippen LogP contribution in [0.1, 0.15) is 0 Å². The third-order valence-corrected chi connectivity index (χ3v) is 0.957. The van der Waals surface area contributed by atoms with Crippen LogP contribution in [0, 0.1) is 0 Å². The van der Waals surface area contributed by atoms with E-state index in [-0.39, 0.29) is 0 Å². The van der Waals surface area contributed by atoms with Gasteiger partial charge in [-0.25, -0.2) is 0 Å². The molecular weight excluding hydrogens is 144 g/mol. The molecule has 0 aromatic heterocycles. The van der Waals surface area contributed by atoms with E-state index in [4.69, 9.17) is 0 Å². The summed E-state index contributed by atoms with van der Waals surface area (Å²) in [6, 6.07) is 0. The number of rotatable bonds is 0. The van der Waals surface area contributed by atoms with Gasteiger partial charge >= 0.3 is 0 Å². The summed E-state index contributed by atoms with van der Waals surface area (Å²) in [7, 11) is 0. The lowest BCUT2D eigenvalue weighted by atomic mass is 10.6. The fourth-order valence-corrected chi connectivity index (χ4v) is 0.456. The third kappa shape index (κ3) is 0.653. The predicted octanol–water partition coefficient (Wildman–Crippen LogP) is 1.69. The first-order chi connectivity index (χ1) is 2.89. The molecule has 1 rings (SSSR count). The summed E-state index contributed by atoms with van der Waals surface area (Å²) in [5.41, 5.74) is 0. The Morgan fingerprint density at radius 2 is 2.67 bits per heavy atom. The van der Waals surface area contributed by atoms with Gasteiger partial charge in [0.2, 0.25) is 0 Å². The zero-order chi connectivity index (χ0) is 4.41. The molecule has 1 heterocycles. The molecule has 3 heteroatoms. The highest BCUT2D eigenvalue weighted by molar-refractivity contribution is 9.11. The summed E-state index contributed by atoms with van der Waals surface area (Å²) in [4.78, 5) is 0. The fourth-order valence-electron chi connectivity index (χ4n) is 0.253. The van der Waals surface area contributed by atoms with Gasteiger partial charge in [-0.1, -0.05) is 15.9 Å². The lowest BCUT2D eigenvalue weighted by Crippen LogP contribution is -1.64. The van der Waals surface area contributed by atoms with Crippen LogP contribution in [0.3, 0.4) is 0 Å². The van der Waals surface area contributed by atoms with E-state index in [0.29, 0.717) is 0 Å². The van der Waals surface area contributed by atoms with E-state index < -0.39 is 0 Å². The molecule has 2 nitrogen and oxygen atoms in total. The van der Waals surface area contributed by atoms with Crippen LogP contribution in [-0.4, -0.2) is 6.54 Å². The summed E-state index contributed by atoms with van der Waals surface area (Å²) in [5, 5.41) is 7.23. The molecule has 0 amide bonds. The van der Waals surface area contributed by atoms with E-state index in [0.717, 1.165) is 11.0 Å². The van der Waals surface area contributed by atoms with Crippen LogP contribution in [0.5, 0.6) is 0 Å². The van der Waals surface area contributed by atoms with Crippen molar-refractivity contribution in [3.63, 3.8) is 0 Å². The van der Waals surface area contributed by atoms with Crippen molar-refractivity contribution in [2.45, 2.75) is 0 Å². The van der Waals surface area contributed by atoms with Crippen molar-refractivity contribution in [1.29, 1.82) is 0 Å². The fraction of sp³-hybridized carbons (Fsp3) is 0.333. The van der Waals surface area contributed by atoms with E-state index in [2.05, 4.69) is 26.2 Å². The Kier molecular flexibility index (Phi) is 1.01. The zero-order valence-corrected chi connectivity index (χ0v) is 4.64. The summed E-state index contributed by atoms with van der Waals surface area (Å²) in [6.45, 7) is 0.722. The minimum absolute atomic E-state index is 0.722. The van der Waals surface area contributed by atoms with Gasteiger partial charge in [-0.05, 0) is 0 Å². The summed E-state index contributed by atoms with van der Waals surface area (Å²) in [5.74, 6) is 0. The maximum absolute atomic E-state index is 3.65. The maximum atomic E-state index is 3.65. The molecule has 0 aliphatic carbocycles. The predicted molar refractivity (Wildman–Crippen MR) is 26.7 cm³/mol. The minimum Gasteiger partial charge on any atom is -0.184 e. The molecule has 0 bridgehead atoms. The van der Waals surface area contributed by atoms with Gasteiger partial charge in [-0.3, -0.25) is 0 Å². The molecule has 0 spiro atoms. The van der Waals surface area contributed by atoms with Gasteiger partial charge in [-0.2, -0.15) is 10.2 Å². The van der Waals surface area contributed by atoms with E-state index in [9.17, 15) is 0 Å². The van der Waals surface area contributed by atoms with Crippen molar-refractivity contribution >= 4 is 15.9 Å². The van der Waals surface area contributed by atoms with Gasteiger partial charge in [0.1, 0.15) is 0 Å². The van der Waals surface area contributed by atoms with Crippen LogP contribution in [-0.2, 0) is 0 Å². The Morgan fingerprint density at radius 3 is 2.83 bits per heavy atom. The lowest BCUT2D eigenvalue weighted by Gasteiger charge is -1.71. The zero-order valence-electron chi connectivity index (χ0n) is 3.06. The van der Waals surface area contributed by atoms with Crippen LogP contribution >= 0.6 is 15.9 Å². The van der Waals surface area contributed by atoms with Crippen molar-refractivity contribution in [2.24, 2.45) is 10.2 Å². The molecule has 0 N–H and O–H groups in total. The van der Waals surface area contributed by atoms with Gasteiger partial charge in [0, 0.05) is 4.48 Å². The average molecular weight is 147 g/mol. The summed E-state index contributed by atoms with van der Waals surface area (Å²) < 4.78 is 1.06. The second-order valence-corrected chi connectivity index (χ2v) is 2.01. The van der Waals surface area contributed by atoms with Gasteiger partial charge < -0.3 is 0 Å². The molecule has 0 fully saturated rings. The SMILES string of the molecule is BrC1=CN=NC1. The first-order valence-electron chi connectivity index (χ1n) is 1.61. The lowest BCUT2D eigenvalue weighted by molar-refractivity contribution is 1.13. The first kappa shape index (κ1) is 3.99. The van der Waals surface area contributed by atoms with Gasteiger partial charge in [0.15, 0.2) is 0 Å². The standard InChI is InChI=1S/C3H3BrN2/c4-3-1-5-6-2-3/h1H,2H2. The molecule has 32 valence electrons. The normalized spacial score (nSPS) is 18.5. The molecule has 1 aliphatic rings. The van der Waals surface area contributed by atoms with Crippen molar-refractivity contribution < 1.29 is 0 Å². The first-order valence-corrected chi connectivity index (χ1v) is 2.40. The van der Waals surface area contributed by atoms with Gasteiger partial charge in [0.05, 0.1) is 12.7 Å². The Labute approximate surface area is 44.1 Å². The van der Waals surface area contributed by atoms with E-state index in [1.54, 1.807) is 6.20 Å².